The summed E-state index contributed by atoms with van der Waals surface area (Å²) in [6.07, 6.45) is 1.83. The molecule has 1 atom stereocenters. The fourth-order valence-corrected chi connectivity index (χ4v) is 1.46. The van der Waals surface area contributed by atoms with Crippen molar-refractivity contribution in [1.29, 1.82) is 0 Å². The number of ether oxygens (including phenoxy) is 1. The van der Waals surface area contributed by atoms with Gasteiger partial charge in [-0.25, -0.2) is 9.59 Å². The highest BCUT2D eigenvalue weighted by Crippen LogP contribution is 2.08. The van der Waals surface area contributed by atoms with Gasteiger partial charge >= 0.3 is 12.1 Å². The number of carbonyl (C=O) groups is 3. The minimum absolute atomic E-state index is 0.262. The smallest absolute Gasteiger partial charge is 0.408 e. The monoisotopic (exact) mass is 300 g/mol. The molecule has 0 aromatic rings. The first-order valence-corrected chi connectivity index (χ1v) is 6.78. The van der Waals surface area contributed by atoms with Crippen LogP contribution in [-0.2, 0) is 14.3 Å². The van der Waals surface area contributed by atoms with Crippen LogP contribution >= 0.6 is 0 Å². The van der Waals surface area contributed by atoms with E-state index in [4.69, 9.17) is 9.84 Å². The number of rotatable bonds is 8. The van der Waals surface area contributed by atoms with Crippen LogP contribution in [0.3, 0.4) is 0 Å². The van der Waals surface area contributed by atoms with E-state index >= 15 is 0 Å². The average molecular weight is 300 g/mol. The summed E-state index contributed by atoms with van der Waals surface area (Å²) < 4.78 is 5.01. The van der Waals surface area contributed by atoms with Gasteiger partial charge < -0.3 is 20.5 Å². The molecule has 0 aliphatic carbocycles. The van der Waals surface area contributed by atoms with Crippen molar-refractivity contribution in [2.75, 3.05) is 6.54 Å². The summed E-state index contributed by atoms with van der Waals surface area (Å²) >= 11 is 0. The fourth-order valence-electron chi connectivity index (χ4n) is 1.46. The minimum Gasteiger partial charge on any atom is -0.480 e. The molecule has 0 rings (SSSR count). The van der Waals surface area contributed by atoms with Crippen LogP contribution in [0, 0.1) is 0 Å². The highest BCUT2D eigenvalue weighted by atomic mass is 16.6. The molecule has 21 heavy (non-hydrogen) atoms. The normalized spacial score (nSPS) is 12.1. The van der Waals surface area contributed by atoms with Crippen LogP contribution in [0.4, 0.5) is 4.79 Å². The zero-order chi connectivity index (χ0) is 16.5. The lowest BCUT2D eigenvalue weighted by Gasteiger charge is -2.22. The third-order valence-electron chi connectivity index (χ3n) is 2.39. The van der Waals surface area contributed by atoms with Crippen molar-refractivity contribution in [2.24, 2.45) is 0 Å². The van der Waals surface area contributed by atoms with Gasteiger partial charge in [-0.15, -0.1) is 0 Å². The Morgan fingerprint density at radius 1 is 1.29 bits per heavy atom. The van der Waals surface area contributed by atoms with Crippen LogP contribution in [-0.4, -0.2) is 41.3 Å². The van der Waals surface area contributed by atoms with Crippen LogP contribution < -0.4 is 10.6 Å². The molecule has 0 saturated heterocycles. The molecule has 0 aliphatic rings. The highest BCUT2D eigenvalue weighted by Gasteiger charge is 2.23. The van der Waals surface area contributed by atoms with Crippen LogP contribution in [0.5, 0.6) is 0 Å². The second kappa shape index (κ2) is 8.99. The Bertz CT molecular complexity index is 387. The number of carboxylic acids is 1. The van der Waals surface area contributed by atoms with E-state index in [0.717, 1.165) is 0 Å². The van der Waals surface area contributed by atoms with E-state index in [0.29, 0.717) is 19.4 Å². The molecule has 0 saturated carbocycles. The molecule has 0 bridgehead atoms. The number of unbranched alkanes of at least 4 members (excludes halogenated alkanes) is 1. The lowest BCUT2D eigenvalue weighted by molar-refractivity contribution is -0.139. The molecule has 7 heteroatoms. The summed E-state index contributed by atoms with van der Waals surface area (Å²) in [6.45, 7) is 8.85. The lowest BCUT2D eigenvalue weighted by Crippen LogP contribution is -2.43. The Balaban J connectivity index is 4.09. The summed E-state index contributed by atoms with van der Waals surface area (Å²) in [7, 11) is 0. The Hall–Kier alpha value is -2.05. The van der Waals surface area contributed by atoms with Gasteiger partial charge in [0.05, 0.1) is 0 Å². The molecule has 0 aliphatic heterocycles. The molecule has 0 spiro atoms. The van der Waals surface area contributed by atoms with Gasteiger partial charge in [0.25, 0.3) is 0 Å². The van der Waals surface area contributed by atoms with Crippen LogP contribution in [0.2, 0.25) is 0 Å². The fraction of sp³-hybridized carbons (Fsp3) is 0.643. The van der Waals surface area contributed by atoms with Gasteiger partial charge in [-0.1, -0.05) is 6.58 Å². The van der Waals surface area contributed by atoms with Crippen molar-refractivity contribution in [3.8, 4) is 0 Å². The lowest BCUT2D eigenvalue weighted by atomic mass is 10.1. The van der Waals surface area contributed by atoms with Crippen molar-refractivity contribution in [1.82, 2.24) is 10.6 Å². The SMILES string of the molecule is C=CC(=O)NCCCC[C@H](NC(=O)OC(C)(C)C)C(=O)O. The Labute approximate surface area is 124 Å². The quantitative estimate of drug-likeness (QED) is 0.464. The third kappa shape index (κ3) is 10.4. The summed E-state index contributed by atoms with van der Waals surface area (Å²) in [5.41, 5.74) is -0.678. The Morgan fingerprint density at radius 3 is 2.38 bits per heavy atom. The molecule has 0 heterocycles. The molecular weight excluding hydrogens is 276 g/mol. The van der Waals surface area contributed by atoms with Crippen molar-refractivity contribution < 1.29 is 24.2 Å². The van der Waals surface area contributed by atoms with E-state index in [1.165, 1.54) is 6.08 Å². The molecule has 3 N–H and O–H groups in total. The zero-order valence-electron chi connectivity index (χ0n) is 12.8. The third-order valence-corrected chi connectivity index (χ3v) is 2.39. The summed E-state index contributed by atoms with van der Waals surface area (Å²) in [5, 5.41) is 14.0. The van der Waals surface area contributed by atoms with E-state index in [1.54, 1.807) is 20.8 Å². The van der Waals surface area contributed by atoms with Crippen LogP contribution in [0.15, 0.2) is 12.7 Å². The highest BCUT2D eigenvalue weighted by molar-refractivity contribution is 5.86. The molecule has 7 nitrogen and oxygen atoms in total. The predicted molar refractivity (Wildman–Crippen MR) is 77.9 cm³/mol. The maximum absolute atomic E-state index is 11.5. The maximum atomic E-state index is 11.5. The number of carbonyl (C=O) groups excluding carboxylic acids is 2. The molecule has 0 unspecified atom stereocenters. The molecular formula is C14H24N2O5. The van der Waals surface area contributed by atoms with E-state index < -0.39 is 23.7 Å². The number of hydrogen-bond donors (Lipinski definition) is 3. The van der Waals surface area contributed by atoms with Crippen molar-refractivity contribution >= 4 is 18.0 Å². The first-order valence-electron chi connectivity index (χ1n) is 6.78. The summed E-state index contributed by atoms with van der Waals surface area (Å²) in [5.74, 6) is -1.38. The number of hydrogen-bond acceptors (Lipinski definition) is 4. The second-order valence-corrected chi connectivity index (χ2v) is 5.53. The number of nitrogens with one attached hydrogen (secondary N) is 2. The van der Waals surface area contributed by atoms with Crippen molar-refractivity contribution in [2.45, 2.75) is 51.7 Å². The van der Waals surface area contributed by atoms with Gasteiger partial charge in [0, 0.05) is 6.54 Å². The van der Waals surface area contributed by atoms with Gasteiger partial charge in [-0.05, 0) is 46.1 Å². The number of aliphatic carboxylic acids is 1. The molecule has 120 valence electrons. The molecule has 0 radical (unpaired) electrons. The number of amides is 2. The van der Waals surface area contributed by atoms with Gasteiger partial charge in [0.15, 0.2) is 0 Å². The number of carboxylic acid groups (broad SMARTS) is 1. The molecule has 0 aromatic carbocycles. The Morgan fingerprint density at radius 2 is 1.90 bits per heavy atom. The van der Waals surface area contributed by atoms with Gasteiger partial charge in [-0.3, -0.25) is 4.79 Å². The van der Waals surface area contributed by atoms with Crippen LogP contribution in [0.1, 0.15) is 40.0 Å². The summed E-state index contributed by atoms with van der Waals surface area (Å²) in [6, 6.07) is -1.00. The maximum Gasteiger partial charge on any atom is 0.408 e. The van der Waals surface area contributed by atoms with Gasteiger partial charge in [-0.2, -0.15) is 0 Å². The van der Waals surface area contributed by atoms with Gasteiger partial charge in [0.2, 0.25) is 5.91 Å². The number of alkyl carbamates (subject to hydrolysis) is 1. The summed E-state index contributed by atoms with van der Waals surface area (Å²) in [4.78, 5) is 33.5. The standard InChI is InChI=1S/C14H24N2O5/c1-5-11(17)15-9-7-6-8-10(12(18)19)16-13(20)21-14(2,3)4/h5,10H,1,6-9H2,2-4H3,(H,15,17)(H,16,20)(H,18,19)/t10-/m0/s1. The molecule has 2 amide bonds. The largest absolute Gasteiger partial charge is 0.480 e. The van der Waals surface area contributed by atoms with Crippen molar-refractivity contribution in [3.05, 3.63) is 12.7 Å². The van der Waals surface area contributed by atoms with E-state index in [1.807, 2.05) is 0 Å². The topological polar surface area (TPSA) is 105 Å². The predicted octanol–water partition coefficient (Wildman–Crippen LogP) is 1.44. The van der Waals surface area contributed by atoms with E-state index in [9.17, 15) is 14.4 Å². The first-order chi connectivity index (χ1) is 9.65. The Kier molecular flexibility index (Phi) is 8.11. The minimum atomic E-state index is -1.11. The average Bonchev–Trinajstić information content (AvgIpc) is 2.34. The zero-order valence-corrected chi connectivity index (χ0v) is 12.8. The van der Waals surface area contributed by atoms with E-state index in [2.05, 4.69) is 17.2 Å². The first kappa shape index (κ1) is 18.9. The van der Waals surface area contributed by atoms with Crippen molar-refractivity contribution in [3.63, 3.8) is 0 Å². The van der Waals surface area contributed by atoms with E-state index in [-0.39, 0.29) is 12.3 Å². The molecule has 0 aromatic heterocycles. The second-order valence-electron chi connectivity index (χ2n) is 5.53. The van der Waals surface area contributed by atoms with Gasteiger partial charge in [0.1, 0.15) is 11.6 Å². The van der Waals surface area contributed by atoms with Crippen LogP contribution in [0.25, 0.3) is 0 Å². The molecule has 0 fully saturated rings.